The lowest BCUT2D eigenvalue weighted by Gasteiger charge is -2.08. The molecule has 0 saturated carbocycles. The first kappa shape index (κ1) is 14.5. The summed E-state index contributed by atoms with van der Waals surface area (Å²) in [5.41, 5.74) is 8.71. The highest BCUT2D eigenvalue weighted by Crippen LogP contribution is 2.17. The van der Waals surface area contributed by atoms with Crippen LogP contribution in [-0.4, -0.2) is 13.4 Å². The van der Waals surface area contributed by atoms with E-state index in [0.717, 1.165) is 16.8 Å². The molecular weight excluding hydrogens is 274 g/mol. The zero-order valence-electron chi connectivity index (χ0n) is 11.4. The van der Waals surface area contributed by atoms with Gasteiger partial charge in [-0.15, -0.1) is 0 Å². The summed E-state index contributed by atoms with van der Waals surface area (Å²) >= 11 is 0. The lowest BCUT2D eigenvalue weighted by atomic mass is 10.2. The normalized spacial score (nSPS) is 11.5. The Morgan fingerprint density at radius 2 is 1.95 bits per heavy atom. The van der Waals surface area contributed by atoms with Gasteiger partial charge in [0, 0.05) is 24.1 Å². The highest BCUT2D eigenvalue weighted by molar-refractivity contribution is 7.89. The van der Waals surface area contributed by atoms with E-state index in [1.165, 1.54) is 6.07 Å². The molecule has 1 aromatic carbocycles. The van der Waals surface area contributed by atoms with Crippen LogP contribution in [0.5, 0.6) is 0 Å². The van der Waals surface area contributed by atoms with E-state index in [2.05, 4.69) is 9.71 Å². The number of rotatable bonds is 4. The molecule has 0 bridgehead atoms. The average molecular weight is 291 g/mol. The highest BCUT2D eigenvalue weighted by atomic mass is 32.2. The molecule has 1 heterocycles. The van der Waals surface area contributed by atoms with Crippen LogP contribution in [0.2, 0.25) is 0 Å². The molecule has 6 heteroatoms. The van der Waals surface area contributed by atoms with E-state index in [-0.39, 0.29) is 11.4 Å². The van der Waals surface area contributed by atoms with E-state index >= 15 is 0 Å². The van der Waals surface area contributed by atoms with E-state index in [1.807, 2.05) is 19.1 Å². The van der Waals surface area contributed by atoms with E-state index in [1.54, 1.807) is 25.3 Å². The van der Waals surface area contributed by atoms with Crippen LogP contribution in [0.4, 0.5) is 5.69 Å². The van der Waals surface area contributed by atoms with Gasteiger partial charge >= 0.3 is 0 Å². The standard InChI is InChI=1S/C14H17N3O2S/c1-10-7-13(5-6-14(10)15)20(18,19)17-9-12-4-3-11(2)16-8-12/h3-8,17H,9,15H2,1-2H3. The molecule has 5 nitrogen and oxygen atoms in total. The molecule has 3 N–H and O–H groups in total. The second kappa shape index (κ2) is 5.60. The molecule has 0 aliphatic carbocycles. The zero-order valence-corrected chi connectivity index (χ0v) is 12.2. The number of nitrogens with two attached hydrogens (primary N) is 1. The van der Waals surface area contributed by atoms with E-state index < -0.39 is 10.0 Å². The van der Waals surface area contributed by atoms with Crippen LogP contribution >= 0.6 is 0 Å². The van der Waals surface area contributed by atoms with Gasteiger partial charge in [0.1, 0.15) is 0 Å². The van der Waals surface area contributed by atoms with Crippen molar-refractivity contribution in [3.8, 4) is 0 Å². The molecule has 0 unspecified atom stereocenters. The van der Waals surface area contributed by atoms with Gasteiger partial charge in [0.15, 0.2) is 0 Å². The number of nitrogens with zero attached hydrogens (tertiary/aromatic N) is 1. The van der Waals surface area contributed by atoms with Crippen molar-refractivity contribution in [2.24, 2.45) is 0 Å². The Morgan fingerprint density at radius 3 is 2.55 bits per heavy atom. The monoisotopic (exact) mass is 291 g/mol. The average Bonchev–Trinajstić information content (AvgIpc) is 2.41. The lowest BCUT2D eigenvalue weighted by molar-refractivity contribution is 0.581. The fourth-order valence-electron chi connectivity index (χ4n) is 1.68. The maximum Gasteiger partial charge on any atom is 0.240 e. The second-order valence-electron chi connectivity index (χ2n) is 4.65. The summed E-state index contributed by atoms with van der Waals surface area (Å²) in [7, 11) is -3.54. The van der Waals surface area contributed by atoms with Gasteiger partial charge < -0.3 is 5.73 Å². The van der Waals surface area contributed by atoms with Gasteiger partial charge in [0.05, 0.1) is 4.90 Å². The fourth-order valence-corrected chi connectivity index (χ4v) is 2.78. The number of benzene rings is 1. The van der Waals surface area contributed by atoms with Gasteiger partial charge in [-0.05, 0) is 49.2 Å². The number of hydrogen-bond donors (Lipinski definition) is 2. The Labute approximate surface area is 118 Å². The Bertz CT molecular complexity index is 710. The molecule has 20 heavy (non-hydrogen) atoms. The van der Waals surface area contributed by atoms with Crippen molar-refractivity contribution in [1.82, 2.24) is 9.71 Å². The van der Waals surface area contributed by atoms with Crippen LogP contribution in [-0.2, 0) is 16.6 Å². The van der Waals surface area contributed by atoms with Gasteiger partial charge in [-0.2, -0.15) is 0 Å². The number of sulfonamides is 1. The van der Waals surface area contributed by atoms with Gasteiger partial charge in [-0.25, -0.2) is 13.1 Å². The van der Waals surface area contributed by atoms with Crippen molar-refractivity contribution >= 4 is 15.7 Å². The SMILES string of the molecule is Cc1ccc(CNS(=O)(=O)c2ccc(N)c(C)c2)cn1. The number of pyridine rings is 1. The summed E-state index contributed by atoms with van der Waals surface area (Å²) in [5.74, 6) is 0. The Morgan fingerprint density at radius 1 is 1.20 bits per heavy atom. The van der Waals surface area contributed by atoms with Crippen LogP contribution in [0.3, 0.4) is 0 Å². The number of hydrogen-bond acceptors (Lipinski definition) is 4. The minimum Gasteiger partial charge on any atom is -0.399 e. The van der Waals surface area contributed by atoms with E-state index in [0.29, 0.717) is 5.69 Å². The van der Waals surface area contributed by atoms with Gasteiger partial charge in [0.2, 0.25) is 10.0 Å². The van der Waals surface area contributed by atoms with E-state index in [9.17, 15) is 8.42 Å². The summed E-state index contributed by atoms with van der Waals surface area (Å²) < 4.78 is 26.9. The summed E-state index contributed by atoms with van der Waals surface area (Å²) in [6.07, 6.45) is 1.66. The molecule has 0 saturated heterocycles. The van der Waals surface area contributed by atoms with Gasteiger partial charge in [0.25, 0.3) is 0 Å². The minimum atomic E-state index is -3.54. The third-order valence-corrected chi connectivity index (χ3v) is 4.39. The fraction of sp³-hybridized carbons (Fsp3) is 0.214. The van der Waals surface area contributed by atoms with Crippen molar-refractivity contribution < 1.29 is 8.42 Å². The Kier molecular flexibility index (Phi) is 4.06. The molecule has 0 aliphatic heterocycles. The smallest absolute Gasteiger partial charge is 0.240 e. The molecule has 0 radical (unpaired) electrons. The number of aryl methyl sites for hydroxylation is 2. The lowest BCUT2D eigenvalue weighted by Crippen LogP contribution is -2.23. The van der Waals surface area contributed by atoms with E-state index in [4.69, 9.17) is 5.73 Å². The van der Waals surface area contributed by atoms with Crippen LogP contribution in [0, 0.1) is 13.8 Å². The quantitative estimate of drug-likeness (QED) is 0.841. The largest absolute Gasteiger partial charge is 0.399 e. The third kappa shape index (κ3) is 3.34. The maximum absolute atomic E-state index is 12.2. The first-order valence-electron chi connectivity index (χ1n) is 6.16. The Balaban J connectivity index is 2.14. The summed E-state index contributed by atoms with van der Waals surface area (Å²) in [6, 6.07) is 8.34. The summed E-state index contributed by atoms with van der Waals surface area (Å²) in [4.78, 5) is 4.34. The second-order valence-corrected chi connectivity index (χ2v) is 6.42. The van der Waals surface area contributed by atoms with Crippen LogP contribution in [0.15, 0.2) is 41.4 Å². The zero-order chi connectivity index (χ0) is 14.8. The minimum absolute atomic E-state index is 0.207. The number of nitrogens with one attached hydrogen (secondary N) is 1. The molecule has 0 atom stereocenters. The van der Waals surface area contributed by atoms with Crippen molar-refractivity contribution in [1.29, 1.82) is 0 Å². The summed E-state index contributed by atoms with van der Waals surface area (Å²) in [6.45, 7) is 3.86. The summed E-state index contributed by atoms with van der Waals surface area (Å²) in [5, 5.41) is 0. The molecule has 2 aromatic rings. The van der Waals surface area contributed by atoms with Crippen LogP contribution in [0.25, 0.3) is 0 Å². The molecule has 2 rings (SSSR count). The number of nitrogen functional groups attached to an aromatic ring is 1. The molecule has 106 valence electrons. The predicted molar refractivity (Wildman–Crippen MR) is 78.6 cm³/mol. The van der Waals surface area contributed by atoms with Gasteiger partial charge in [-0.1, -0.05) is 6.07 Å². The molecule has 0 spiro atoms. The number of anilines is 1. The third-order valence-electron chi connectivity index (χ3n) is 2.99. The van der Waals surface area contributed by atoms with Crippen molar-refractivity contribution in [3.63, 3.8) is 0 Å². The topological polar surface area (TPSA) is 85.1 Å². The molecule has 1 aromatic heterocycles. The molecular formula is C14H17N3O2S. The van der Waals surface area contributed by atoms with Crippen molar-refractivity contribution in [2.45, 2.75) is 25.3 Å². The van der Waals surface area contributed by atoms with Crippen LogP contribution < -0.4 is 10.5 Å². The molecule has 0 aliphatic rings. The maximum atomic E-state index is 12.2. The predicted octanol–water partition coefficient (Wildman–Crippen LogP) is 1.76. The van der Waals surface area contributed by atoms with Gasteiger partial charge in [-0.3, -0.25) is 4.98 Å². The first-order chi connectivity index (χ1) is 9.38. The Hall–Kier alpha value is -1.92. The number of aromatic nitrogens is 1. The first-order valence-corrected chi connectivity index (χ1v) is 7.64. The van der Waals surface area contributed by atoms with Crippen molar-refractivity contribution in [2.75, 3.05) is 5.73 Å². The highest BCUT2D eigenvalue weighted by Gasteiger charge is 2.14. The van der Waals surface area contributed by atoms with Crippen LogP contribution in [0.1, 0.15) is 16.8 Å². The molecule has 0 amide bonds. The van der Waals surface area contributed by atoms with Crippen molar-refractivity contribution in [3.05, 3.63) is 53.3 Å². The molecule has 0 fully saturated rings.